The molecule has 0 radical (unpaired) electrons. The Kier molecular flexibility index (Phi) is 3.11. The first kappa shape index (κ1) is 11.2. The van der Waals surface area contributed by atoms with E-state index in [0.717, 1.165) is 5.56 Å². The van der Waals surface area contributed by atoms with Gasteiger partial charge in [-0.25, -0.2) is 0 Å². The van der Waals surface area contributed by atoms with Gasteiger partial charge in [-0.05, 0) is 12.1 Å². The molecular formula is C12H11N3O2. The number of aliphatic hydroxyl groups excluding tert-OH is 1. The third-order valence-corrected chi connectivity index (χ3v) is 2.38. The van der Waals surface area contributed by atoms with Crippen molar-refractivity contribution in [3.05, 3.63) is 48.0 Å². The maximum Gasteiger partial charge on any atom is 0.250 e. The minimum atomic E-state index is -0.549. The fraction of sp³-hybridized carbons (Fsp3) is 0.0833. The zero-order chi connectivity index (χ0) is 12.3. The molecule has 0 spiro atoms. The molecule has 2 aromatic heterocycles. The first-order valence-corrected chi connectivity index (χ1v) is 5.02. The molecule has 2 heterocycles. The van der Waals surface area contributed by atoms with Gasteiger partial charge in [-0.2, -0.15) is 0 Å². The topological polar surface area (TPSA) is 89.1 Å². The molecule has 5 heteroatoms. The minimum absolute atomic E-state index is 0.205. The highest BCUT2D eigenvalue weighted by atomic mass is 16.3. The Morgan fingerprint density at radius 2 is 2.24 bits per heavy atom. The first-order chi connectivity index (χ1) is 8.22. The van der Waals surface area contributed by atoms with E-state index in [9.17, 15) is 9.90 Å². The molecule has 5 nitrogen and oxygen atoms in total. The number of amides is 1. The average Bonchev–Trinajstić information content (AvgIpc) is 2.39. The quantitative estimate of drug-likeness (QED) is 0.812. The summed E-state index contributed by atoms with van der Waals surface area (Å²) in [5, 5.41) is 9.21. The molecule has 86 valence electrons. The van der Waals surface area contributed by atoms with Crippen molar-refractivity contribution >= 4 is 5.91 Å². The minimum Gasteiger partial charge on any atom is -0.390 e. The molecule has 0 fully saturated rings. The highest BCUT2D eigenvalue weighted by molar-refractivity contribution is 5.93. The van der Waals surface area contributed by atoms with Crippen molar-refractivity contribution in [3.8, 4) is 11.1 Å². The van der Waals surface area contributed by atoms with E-state index in [2.05, 4.69) is 9.97 Å². The summed E-state index contributed by atoms with van der Waals surface area (Å²) in [7, 11) is 0. The number of pyridine rings is 2. The van der Waals surface area contributed by atoms with Gasteiger partial charge in [-0.15, -0.1) is 0 Å². The lowest BCUT2D eigenvalue weighted by molar-refractivity contribution is 0.1000. The number of aliphatic hydroxyl groups is 1. The Morgan fingerprint density at radius 1 is 1.41 bits per heavy atom. The van der Waals surface area contributed by atoms with Crippen LogP contribution in [0, 0.1) is 0 Å². The van der Waals surface area contributed by atoms with Gasteiger partial charge in [0.25, 0.3) is 0 Å². The molecule has 0 atom stereocenters. The summed E-state index contributed by atoms with van der Waals surface area (Å²) in [6.45, 7) is -0.205. The van der Waals surface area contributed by atoms with Crippen LogP contribution in [-0.2, 0) is 6.61 Å². The van der Waals surface area contributed by atoms with Crippen molar-refractivity contribution in [1.29, 1.82) is 0 Å². The van der Waals surface area contributed by atoms with Gasteiger partial charge >= 0.3 is 0 Å². The van der Waals surface area contributed by atoms with Gasteiger partial charge in [0.2, 0.25) is 5.91 Å². The maximum atomic E-state index is 11.1. The first-order valence-electron chi connectivity index (χ1n) is 5.02. The van der Waals surface area contributed by atoms with Crippen LogP contribution in [-0.4, -0.2) is 21.0 Å². The van der Waals surface area contributed by atoms with Crippen molar-refractivity contribution in [2.45, 2.75) is 6.61 Å². The number of hydrogen-bond acceptors (Lipinski definition) is 4. The molecule has 0 bridgehead atoms. The van der Waals surface area contributed by atoms with E-state index < -0.39 is 5.91 Å². The van der Waals surface area contributed by atoms with Crippen LogP contribution >= 0.6 is 0 Å². The number of nitrogens with zero attached hydrogens (tertiary/aromatic N) is 2. The number of aromatic nitrogens is 2. The van der Waals surface area contributed by atoms with Gasteiger partial charge in [0, 0.05) is 29.7 Å². The number of nitrogens with two attached hydrogens (primary N) is 1. The van der Waals surface area contributed by atoms with Crippen LogP contribution < -0.4 is 5.73 Å². The Hall–Kier alpha value is -2.27. The second-order valence-corrected chi connectivity index (χ2v) is 3.48. The molecule has 0 unspecified atom stereocenters. The monoisotopic (exact) mass is 229 g/mol. The summed E-state index contributed by atoms with van der Waals surface area (Å²) in [5.74, 6) is -0.549. The largest absolute Gasteiger partial charge is 0.390 e. The molecule has 0 saturated heterocycles. The van der Waals surface area contributed by atoms with Crippen LogP contribution in [0.15, 0.2) is 36.8 Å². The van der Waals surface area contributed by atoms with Crippen LogP contribution in [0.4, 0.5) is 0 Å². The highest BCUT2D eigenvalue weighted by Gasteiger charge is 2.09. The van der Waals surface area contributed by atoms with Crippen LogP contribution in [0.1, 0.15) is 16.1 Å². The predicted octanol–water partition coefficient (Wildman–Crippen LogP) is 0.735. The normalized spacial score (nSPS) is 10.2. The van der Waals surface area contributed by atoms with E-state index in [1.165, 1.54) is 6.20 Å². The molecule has 17 heavy (non-hydrogen) atoms. The Balaban J connectivity index is 2.58. The van der Waals surface area contributed by atoms with Gasteiger partial charge in [0.1, 0.15) is 0 Å². The van der Waals surface area contributed by atoms with E-state index in [1.54, 1.807) is 24.5 Å². The Bertz CT molecular complexity index is 541. The molecule has 0 aromatic carbocycles. The van der Waals surface area contributed by atoms with E-state index in [-0.39, 0.29) is 6.61 Å². The van der Waals surface area contributed by atoms with Gasteiger partial charge in [-0.1, -0.05) is 6.07 Å². The molecule has 0 aliphatic heterocycles. The highest BCUT2D eigenvalue weighted by Crippen LogP contribution is 2.22. The maximum absolute atomic E-state index is 11.1. The molecule has 2 aromatic rings. The van der Waals surface area contributed by atoms with Crippen molar-refractivity contribution in [1.82, 2.24) is 9.97 Å². The molecule has 0 aliphatic carbocycles. The summed E-state index contributed by atoms with van der Waals surface area (Å²) < 4.78 is 0. The van der Waals surface area contributed by atoms with Crippen LogP contribution in [0.5, 0.6) is 0 Å². The van der Waals surface area contributed by atoms with E-state index in [1.807, 2.05) is 6.07 Å². The van der Waals surface area contributed by atoms with Crippen LogP contribution in [0.2, 0.25) is 0 Å². The summed E-state index contributed by atoms with van der Waals surface area (Å²) >= 11 is 0. The summed E-state index contributed by atoms with van der Waals surface area (Å²) in [6, 6.07) is 5.21. The van der Waals surface area contributed by atoms with Crippen molar-refractivity contribution in [2.24, 2.45) is 5.73 Å². The lowest BCUT2D eigenvalue weighted by atomic mass is 10.0. The SMILES string of the molecule is NC(=O)c1cnc(CO)c(-c2cccnc2)c1. The molecular weight excluding hydrogens is 218 g/mol. The van der Waals surface area contributed by atoms with Gasteiger partial charge in [-0.3, -0.25) is 14.8 Å². The average molecular weight is 229 g/mol. The second kappa shape index (κ2) is 4.71. The molecule has 2 rings (SSSR count). The van der Waals surface area contributed by atoms with E-state index >= 15 is 0 Å². The lowest BCUT2D eigenvalue weighted by Crippen LogP contribution is -2.12. The van der Waals surface area contributed by atoms with Crippen molar-refractivity contribution in [2.75, 3.05) is 0 Å². The van der Waals surface area contributed by atoms with Crippen LogP contribution in [0.25, 0.3) is 11.1 Å². The molecule has 0 aliphatic rings. The standard InChI is InChI=1S/C12H11N3O2/c13-12(17)9-4-10(11(7-16)15-6-9)8-2-1-3-14-5-8/h1-6,16H,7H2,(H2,13,17). The number of rotatable bonds is 3. The van der Waals surface area contributed by atoms with Crippen molar-refractivity contribution in [3.63, 3.8) is 0 Å². The third kappa shape index (κ3) is 2.29. The summed E-state index contributed by atoms with van der Waals surface area (Å²) in [4.78, 5) is 19.1. The summed E-state index contributed by atoms with van der Waals surface area (Å²) in [5.41, 5.74) is 7.44. The smallest absolute Gasteiger partial charge is 0.250 e. The lowest BCUT2D eigenvalue weighted by Gasteiger charge is -2.07. The van der Waals surface area contributed by atoms with Crippen molar-refractivity contribution < 1.29 is 9.90 Å². The molecule has 1 amide bonds. The fourth-order valence-electron chi connectivity index (χ4n) is 1.53. The predicted molar refractivity (Wildman–Crippen MR) is 61.9 cm³/mol. The second-order valence-electron chi connectivity index (χ2n) is 3.48. The number of carbonyl (C=O) groups excluding carboxylic acids is 1. The Labute approximate surface area is 98.0 Å². The number of primary amides is 1. The van der Waals surface area contributed by atoms with Crippen LogP contribution in [0.3, 0.4) is 0 Å². The van der Waals surface area contributed by atoms with E-state index in [0.29, 0.717) is 16.8 Å². The van der Waals surface area contributed by atoms with Gasteiger partial charge < -0.3 is 10.8 Å². The molecule has 3 N–H and O–H groups in total. The zero-order valence-corrected chi connectivity index (χ0v) is 9.00. The molecule has 0 saturated carbocycles. The zero-order valence-electron chi connectivity index (χ0n) is 9.00. The Morgan fingerprint density at radius 3 is 2.82 bits per heavy atom. The number of carbonyl (C=O) groups is 1. The third-order valence-electron chi connectivity index (χ3n) is 2.38. The fourth-order valence-corrected chi connectivity index (χ4v) is 1.53. The summed E-state index contributed by atoms with van der Waals surface area (Å²) in [6.07, 6.45) is 4.64. The van der Waals surface area contributed by atoms with Gasteiger partial charge in [0.05, 0.1) is 17.9 Å². The van der Waals surface area contributed by atoms with Gasteiger partial charge in [0.15, 0.2) is 0 Å². The number of hydrogen-bond donors (Lipinski definition) is 2. The van der Waals surface area contributed by atoms with E-state index in [4.69, 9.17) is 5.73 Å².